The number of ether oxygens (including phenoxy) is 1. The Morgan fingerprint density at radius 1 is 1.13 bits per heavy atom. The van der Waals surface area contributed by atoms with Crippen molar-refractivity contribution in [3.05, 3.63) is 63.1 Å². The molecule has 4 rings (SSSR count). The number of Topliss-reactive ketones (excluding diaryl/α,β-unsaturated/α-hetero) is 1. The summed E-state index contributed by atoms with van der Waals surface area (Å²) in [5, 5.41) is 4.68. The van der Waals surface area contributed by atoms with Gasteiger partial charge in [-0.05, 0) is 61.0 Å². The van der Waals surface area contributed by atoms with Crippen LogP contribution in [0.1, 0.15) is 72.6 Å². The maximum atomic E-state index is 12.8. The standard InChI is InChI=1S/C25H32N2O3/c1-17(2)20-4-6-21(7-5-20)24(28)14-19-3-8-23-22(13-19)15-25(29)27(26-23)16-18-9-11-30-12-10-18/h4-7,15,17-19H,3,8-14,16H2,1-2H3. The first-order valence-electron chi connectivity index (χ1n) is 11.3. The predicted molar refractivity (Wildman–Crippen MR) is 117 cm³/mol. The molecular formula is C25H32N2O3. The van der Waals surface area contributed by atoms with Gasteiger partial charge in [-0.2, -0.15) is 5.10 Å². The fraction of sp³-hybridized carbons (Fsp3) is 0.560. The predicted octanol–water partition coefficient (Wildman–Crippen LogP) is 4.17. The lowest BCUT2D eigenvalue weighted by molar-refractivity contribution is 0.0595. The summed E-state index contributed by atoms with van der Waals surface area (Å²) < 4.78 is 7.06. The smallest absolute Gasteiger partial charge is 0.267 e. The molecule has 1 aliphatic heterocycles. The molecule has 1 aromatic heterocycles. The first-order chi connectivity index (χ1) is 14.5. The Morgan fingerprint density at radius 3 is 2.57 bits per heavy atom. The molecule has 2 heterocycles. The lowest BCUT2D eigenvalue weighted by Gasteiger charge is -2.25. The van der Waals surface area contributed by atoms with Crippen LogP contribution in [0, 0.1) is 11.8 Å². The highest BCUT2D eigenvalue weighted by Crippen LogP contribution is 2.27. The van der Waals surface area contributed by atoms with Crippen molar-refractivity contribution in [3.8, 4) is 0 Å². The van der Waals surface area contributed by atoms with Gasteiger partial charge in [-0.25, -0.2) is 4.68 Å². The molecule has 0 N–H and O–H groups in total. The molecule has 5 nitrogen and oxygen atoms in total. The molecule has 0 bridgehead atoms. The van der Waals surface area contributed by atoms with Crippen molar-refractivity contribution in [2.75, 3.05) is 13.2 Å². The summed E-state index contributed by atoms with van der Waals surface area (Å²) >= 11 is 0. The average Bonchev–Trinajstić information content (AvgIpc) is 2.75. The van der Waals surface area contributed by atoms with Crippen LogP contribution in [0.15, 0.2) is 35.1 Å². The maximum absolute atomic E-state index is 12.8. The van der Waals surface area contributed by atoms with Gasteiger partial charge in [-0.15, -0.1) is 0 Å². The summed E-state index contributed by atoms with van der Waals surface area (Å²) in [6, 6.07) is 9.77. The molecule has 1 unspecified atom stereocenters. The Hall–Kier alpha value is -2.27. The minimum atomic E-state index is -0.0171. The zero-order valence-electron chi connectivity index (χ0n) is 18.1. The first kappa shape index (κ1) is 21.0. The van der Waals surface area contributed by atoms with Gasteiger partial charge >= 0.3 is 0 Å². The van der Waals surface area contributed by atoms with Gasteiger partial charge in [-0.1, -0.05) is 38.1 Å². The lowest BCUT2D eigenvalue weighted by atomic mass is 9.83. The number of aromatic nitrogens is 2. The first-order valence-corrected chi connectivity index (χ1v) is 11.3. The number of fused-ring (bicyclic) bond motifs is 1. The van der Waals surface area contributed by atoms with E-state index in [0.717, 1.165) is 62.1 Å². The van der Waals surface area contributed by atoms with Crippen molar-refractivity contribution in [3.63, 3.8) is 0 Å². The Kier molecular flexibility index (Phi) is 6.47. The summed E-state index contributed by atoms with van der Waals surface area (Å²) in [6.45, 7) is 6.55. The van der Waals surface area contributed by atoms with Crippen LogP contribution in [0.25, 0.3) is 0 Å². The van der Waals surface area contributed by atoms with Crippen LogP contribution in [0.2, 0.25) is 0 Å². The van der Waals surface area contributed by atoms with E-state index < -0.39 is 0 Å². The topological polar surface area (TPSA) is 61.2 Å². The highest BCUT2D eigenvalue weighted by Gasteiger charge is 2.24. The minimum absolute atomic E-state index is 0.0171. The Bertz CT molecular complexity index is 940. The third-order valence-corrected chi connectivity index (χ3v) is 6.61. The van der Waals surface area contributed by atoms with Crippen molar-refractivity contribution in [1.29, 1.82) is 0 Å². The molecule has 30 heavy (non-hydrogen) atoms. The van der Waals surface area contributed by atoms with Crippen LogP contribution < -0.4 is 5.56 Å². The molecule has 5 heteroatoms. The van der Waals surface area contributed by atoms with E-state index in [-0.39, 0.29) is 17.3 Å². The van der Waals surface area contributed by atoms with Gasteiger partial charge in [0.05, 0.1) is 5.69 Å². The Morgan fingerprint density at radius 2 is 1.87 bits per heavy atom. The molecule has 160 valence electrons. The van der Waals surface area contributed by atoms with Crippen molar-refractivity contribution < 1.29 is 9.53 Å². The zero-order valence-corrected chi connectivity index (χ0v) is 18.1. The number of rotatable bonds is 6. The van der Waals surface area contributed by atoms with Gasteiger partial charge in [0.15, 0.2) is 5.78 Å². The molecular weight excluding hydrogens is 376 g/mol. The van der Waals surface area contributed by atoms with E-state index in [4.69, 9.17) is 4.74 Å². The van der Waals surface area contributed by atoms with Crippen LogP contribution >= 0.6 is 0 Å². The van der Waals surface area contributed by atoms with Gasteiger partial charge in [0.1, 0.15) is 0 Å². The molecule has 2 aliphatic rings. The summed E-state index contributed by atoms with van der Waals surface area (Å²) in [4.78, 5) is 25.4. The number of aryl methyl sites for hydroxylation is 1. The van der Waals surface area contributed by atoms with E-state index in [9.17, 15) is 9.59 Å². The quantitative estimate of drug-likeness (QED) is 0.673. The summed E-state index contributed by atoms with van der Waals surface area (Å²) in [5.41, 5.74) is 4.09. The molecule has 1 saturated heterocycles. The highest BCUT2D eigenvalue weighted by molar-refractivity contribution is 5.96. The third kappa shape index (κ3) is 4.89. The number of carbonyl (C=O) groups is 1. The maximum Gasteiger partial charge on any atom is 0.267 e. The van der Waals surface area contributed by atoms with E-state index in [1.807, 2.05) is 12.1 Å². The summed E-state index contributed by atoms with van der Waals surface area (Å²) in [7, 11) is 0. The highest BCUT2D eigenvalue weighted by atomic mass is 16.5. The SMILES string of the molecule is CC(C)c1ccc(C(=O)CC2CCc3nn(CC4CCOCC4)c(=O)cc3C2)cc1. The molecule has 0 radical (unpaired) electrons. The Labute approximate surface area is 178 Å². The second-order valence-corrected chi connectivity index (χ2v) is 9.21. The molecule has 0 saturated carbocycles. The van der Waals surface area contributed by atoms with Gasteiger partial charge in [0, 0.05) is 37.8 Å². The van der Waals surface area contributed by atoms with E-state index in [1.54, 1.807) is 10.7 Å². The molecule has 0 amide bonds. The van der Waals surface area contributed by atoms with Gasteiger partial charge in [-0.3, -0.25) is 9.59 Å². The van der Waals surface area contributed by atoms with E-state index in [2.05, 4.69) is 31.1 Å². The van der Waals surface area contributed by atoms with Crippen LogP contribution in [-0.4, -0.2) is 28.8 Å². The second kappa shape index (κ2) is 9.25. The van der Waals surface area contributed by atoms with Crippen molar-refractivity contribution in [2.24, 2.45) is 11.8 Å². The van der Waals surface area contributed by atoms with Crippen LogP contribution in [0.3, 0.4) is 0 Å². The van der Waals surface area contributed by atoms with Crippen LogP contribution in [-0.2, 0) is 24.1 Å². The lowest BCUT2D eigenvalue weighted by Crippen LogP contribution is -2.32. The number of ketones is 1. The van der Waals surface area contributed by atoms with Gasteiger partial charge in [0.2, 0.25) is 0 Å². The molecule has 1 fully saturated rings. The van der Waals surface area contributed by atoms with E-state index in [0.29, 0.717) is 24.8 Å². The van der Waals surface area contributed by atoms with E-state index >= 15 is 0 Å². The van der Waals surface area contributed by atoms with Gasteiger partial charge in [0.25, 0.3) is 5.56 Å². The van der Waals surface area contributed by atoms with E-state index in [1.165, 1.54) is 5.56 Å². The molecule has 0 spiro atoms. The average molecular weight is 409 g/mol. The third-order valence-electron chi connectivity index (χ3n) is 6.61. The molecule has 1 atom stereocenters. The summed E-state index contributed by atoms with van der Waals surface area (Å²) in [5.74, 6) is 1.41. The molecule has 1 aromatic carbocycles. The monoisotopic (exact) mass is 408 g/mol. The second-order valence-electron chi connectivity index (χ2n) is 9.21. The van der Waals surface area contributed by atoms with Crippen LogP contribution in [0.5, 0.6) is 0 Å². The normalized spacial score (nSPS) is 19.6. The van der Waals surface area contributed by atoms with Crippen molar-refractivity contribution >= 4 is 5.78 Å². The summed E-state index contributed by atoms with van der Waals surface area (Å²) in [6.07, 6.45) is 5.08. The minimum Gasteiger partial charge on any atom is -0.381 e. The Balaban J connectivity index is 1.40. The number of hydrogen-bond donors (Lipinski definition) is 0. The van der Waals surface area contributed by atoms with Gasteiger partial charge < -0.3 is 4.74 Å². The molecule has 2 aromatic rings. The number of hydrogen-bond acceptors (Lipinski definition) is 4. The number of nitrogens with zero attached hydrogens (tertiary/aromatic N) is 2. The van der Waals surface area contributed by atoms with Crippen LogP contribution in [0.4, 0.5) is 0 Å². The number of benzene rings is 1. The van der Waals surface area contributed by atoms with Crippen molar-refractivity contribution in [2.45, 2.75) is 64.8 Å². The zero-order chi connectivity index (χ0) is 21.1. The number of carbonyl (C=O) groups excluding carboxylic acids is 1. The molecule has 1 aliphatic carbocycles. The largest absolute Gasteiger partial charge is 0.381 e. The van der Waals surface area contributed by atoms with Crippen molar-refractivity contribution in [1.82, 2.24) is 9.78 Å². The fourth-order valence-corrected chi connectivity index (χ4v) is 4.62. The fourth-order valence-electron chi connectivity index (χ4n) is 4.62.